The van der Waals surface area contributed by atoms with E-state index >= 15 is 0 Å². The van der Waals surface area contributed by atoms with E-state index in [-0.39, 0.29) is 6.10 Å². The molecule has 0 aromatic carbocycles. The number of nitrogens with zero attached hydrogens (tertiary/aromatic N) is 2. The lowest BCUT2D eigenvalue weighted by Crippen LogP contribution is -2.14. The molecule has 1 saturated heterocycles. The summed E-state index contributed by atoms with van der Waals surface area (Å²) in [5.41, 5.74) is 0. The predicted octanol–water partition coefficient (Wildman–Crippen LogP) is 2.48. The van der Waals surface area contributed by atoms with Crippen molar-refractivity contribution in [2.75, 3.05) is 6.61 Å². The van der Waals surface area contributed by atoms with E-state index in [0.29, 0.717) is 0 Å². The lowest BCUT2D eigenvalue weighted by molar-refractivity contribution is 0.00933. The van der Waals surface area contributed by atoms with E-state index in [1.807, 2.05) is 6.07 Å². The summed E-state index contributed by atoms with van der Waals surface area (Å²) in [6.07, 6.45) is 5.26. The highest BCUT2D eigenvalue weighted by Gasteiger charge is 2.18. The number of halogens is 1. The van der Waals surface area contributed by atoms with Gasteiger partial charge in [0.1, 0.15) is 10.7 Å². The quantitative estimate of drug-likeness (QED) is 0.710. The van der Waals surface area contributed by atoms with Crippen LogP contribution in [-0.4, -0.2) is 16.6 Å². The highest BCUT2D eigenvalue weighted by atomic mass is 79.9. The van der Waals surface area contributed by atoms with E-state index in [4.69, 9.17) is 4.74 Å². The number of hydrogen-bond donors (Lipinski definition) is 0. The summed E-state index contributed by atoms with van der Waals surface area (Å²) < 4.78 is 6.40. The van der Waals surface area contributed by atoms with E-state index in [0.717, 1.165) is 29.9 Å². The molecular formula is C9H11BrN2O. The van der Waals surface area contributed by atoms with Crippen LogP contribution >= 0.6 is 15.9 Å². The largest absolute Gasteiger partial charge is 0.370 e. The molecule has 0 spiro atoms. The molecule has 0 aliphatic carbocycles. The predicted molar refractivity (Wildman–Crippen MR) is 52.3 cm³/mol. The molecule has 1 fully saturated rings. The molecular weight excluding hydrogens is 232 g/mol. The van der Waals surface area contributed by atoms with Crippen molar-refractivity contribution in [3.8, 4) is 0 Å². The van der Waals surface area contributed by atoms with Gasteiger partial charge in [0.05, 0.1) is 0 Å². The Kier molecular flexibility index (Phi) is 2.90. The lowest BCUT2D eigenvalue weighted by atomic mass is 10.1. The molecule has 0 amide bonds. The SMILES string of the molecule is Brc1ccnc(C2CCCCO2)n1. The third kappa shape index (κ3) is 2.25. The Labute approximate surface area is 85.7 Å². The standard InChI is InChI=1S/C9H11BrN2O/c10-8-4-5-11-9(12-8)7-3-1-2-6-13-7/h4-5,7H,1-3,6H2. The van der Waals surface area contributed by atoms with Crippen LogP contribution in [0.3, 0.4) is 0 Å². The normalized spacial score (nSPS) is 23.0. The maximum atomic E-state index is 5.57. The Bertz CT molecular complexity index is 287. The van der Waals surface area contributed by atoms with Gasteiger partial charge in [-0.25, -0.2) is 9.97 Å². The molecule has 0 N–H and O–H groups in total. The van der Waals surface area contributed by atoms with Crippen LogP contribution < -0.4 is 0 Å². The van der Waals surface area contributed by atoms with E-state index < -0.39 is 0 Å². The molecule has 3 nitrogen and oxygen atoms in total. The molecule has 4 heteroatoms. The van der Waals surface area contributed by atoms with Crippen molar-refractivity contribution in [3.63, 3.8) is 0 Å². The highest BCUT2D eigenvalue weighted by Crippen LogP contribution is 2.25. The zero-order valence-electron chi connectivity index (χ0n) is 7.24. The van der Waals surface area contributed by atoms with Crippen LogP contribution in [-0.2, 0) is 4.74 Å². The summed E-state index contributed by atoms with van der Waals surface area (Å²) in [6, 6.07) is 1.83. The van der Waals surface area contributed by atoms with Crippen molar-refractivity contribution >= 4 is 15.9 Å². The summed E-state index contributed by atoms with van der Waals surface area (Å²) in [7, 11) is 0. The molecule has 1 aliphatic rings. The highest BCUT2D eigenvalue weighted by molar-refractivity contribution is 9.10. The minimum atomic E-state index is 0.103. The van der Waals surface area contributed by atoms with Gasteiger partial charge in [0, 0.05) is 12.8 Å². The van der Waals surface area contributed by atoms with Gasteiger partial charge in [-0.1, -0.05) is 0 Å². The van der Waals surface area contributed by atoms with Gasteiger partial charge >= 0.3 is 0 Å². The molecule has 70 valence electrons. The summed E-state index contributed by atoms with van der Waals surface area (Å²) in [5.74, 6) is 0.800. The van der Waals surface area contributed by atoms with Gasteiger partial charge in [-0.2, -0.15) is 0 Å². The Morgan fingerprint density at radius 1 is 1.46 bits per heavy atom. The maximum absolute atomic E-state index is 5.57. The van der Waals surface area contributed by atoms with Crippen molar-refractivity contribution in [2.45, 2.75) is 25.4 Å². The number of hydrogen-bond acceptors (Lipinski definition) is 3. The molecule has 1 aromatic heterocycles. The molecule has 0 bridgehead atoms. The smallest absolute Gasteiger partial charge is 0.158 e. The second-order valence-corrected chi connectivity index (χ2v) is 3.91. The van der Waals surface area contributed by atoms with Crippen LogP contribution in [0, 0.1) is 0 Å². The third-order valence-corrected chi connectivity index (χ3v) is 2.55. The van der Waals surface area contributed by atoms with Gasteiger partial charge in [0.15, 0.2) is 5.82 Å². The molecule has 0 radical (unpaired) electrons. The van der Waals surface area contributed by atoms with Gasteiger partial charge in [0.25, 0.3) is 0 Å². The van der Waals surface area contributed by atoms with E-state index in [1.54, 1.807) is 6.20 Å². The topological polar surface area (TPSA) is 35.0 Å². The molecule has 2 heterocycles. The minimum Gasteiger partial charge on any atom is -0.370 e. The van der Waals surface area contributed by atoms with Crippen LogP contribution in [0.2, 0.25) is 0 Å². The summed E-state index contributed by atoms with van der Waals surface area (Å²) in [4.78, 5) is 8.47. The number of rotatable bonds is 1. The molecule has 0 saturated carbocycles. The monoisotopic (exact) mass is 242 g/mol. The molecule has 13 heavy (non-hydrogen) atoms. The zero-order chi connectivity index (χ0) is 9.10. The van der Waals surface area contributed by atoms with E-state index in [9.17, 15) is 0 Å². The number of ether oxygens (including phenoxy) is 1. The second-order valence-electron chi connectivity index (χ2n) is 3.09. The van der Waals surface area contributed by atoms with Crippen LogP contribution in [0.5, 0.6) is 0 Å². The van der Waals surface area contributed by atoms with E-state index in [2.05, 4.69) is 25.9 Å². The first kappa shape index (κ1) is 9.09. The van der Waals surface area contributed by atoms with Gasteiger partial charge in [0.2, 0.25) is 0 Å². The molecule has 2 rings (SSSR count). The van der Waals surface area contributed by atoms with E-state index in [1.165, 1.54) is 6.42 Å². The van der Waals surface area contributed by atoms with Crippen LogP contribution in [0.1, 0.15) is 31.2 Å². The van der Waals surface area contributed by atoms with Crippen molar-refractivity contribution in [2.24, 2.45) is 0 Å². The lowest BCUT2D eigenvalue weighted by Gasteiger charge is -2.20. The summed E-state index contributed by atoms with van der Waals surface area (Å²) in [6.45, 7) is 0.834. The fourth-order valence-electron chi connectivity index (χ4n) is 1.45. The first-order valence-electron chi connectivity index (χ1n) is 4.46. The first-order chi connectivity index (χ1) is 6.36. The molecule has 1 atom stereocenters. The second kappa shape index (κ2) is 4.15. The van der Waals surface area contributed by atoms with Crippen molar-refractivity contribution < 1.29 is 4.74 Å². The fraction of sp³-hybridized carbons (Fsp3) is 0.556. The summed E-state index contributed by atoms with van der Waals surface area (Å²) in [5, 5.41) is 0. The minimum absolute atomic E-state index is 0.103. The van der Waals surface area contributed by atoms with Crippen molar-refractivity contribution in [3.05, 3.63) is 22.7 Å². The van der Waals surface area contributed by atoms with Crippen molar-refractivity contribution in [1.29, 1.82) is 0 Å². The molecule has 1 unspecified atom stereocenters. The zero-order valence-corrected chi connectivity index (χ0v) is 8.83. The molecule has 1 aromatic rings. The Balaban J connectivity index is 2.14. The Morgan fingerprint density at radius 2 is 2.38 bits per heavy atom. The van der Waals surface area contributed by atoms with Gasteiger partial charge < -0.3 is 4.74 Å². The Morgan fingerprint density at radius 3 is 3.08 bits per heavy atom. The third-order valence-electron chi connectivity index (χ3n) is 2.11. The fourth-order valence-corrected chi connectivity index (χ4v) is 1.75. The van der Waals surface area contributed by atoms with Crippen molar-refractivity contribution in [1.82, 2.24) is 9.97 Å². The number of aromatic nitrogens is 2. The molecule has 1 aliphatic heterocycles. The van der Waals surface area contributed by atoms with Crippen LogP contribution in [0.4, 0.5) is 0 Å². The summed E-state index contributed by atoms with van der Waals surface area (Å²) >= 11 is 3.32. The maximum Gasteiger partial charge on any atom is 0.158 e. The average molecular weight is 243 g/mol. The van der Waals surface area contributed by atoms with Gasteiger partial charge in [-0.3, -0.25) is 0 Å². The van der Waals surface area contributed by atoms with Crippen LogP contribution in [0.25, 0.3) is 0 Å². The van der Waals surface area contributed by atoms with Gasteiger partial charge in [-0.15, -0.1) is 0 Å². The van der Waals surface area contributed by atoms with Gasteiger partial charge in [-0.05, 0) is 41.3 Å². The van der Waals surface area contributed by atoms with Crippen LogP contribution in [0.15, 0.2) is 16.9 Å². The first-order valence-corrected chi connectivity index (χ1v) is 5.25. The Hall–Kier alpha value is -0.480. The average Bonchev–Trinajstić information content (AvgIpc) is 2.19.